The summed E-state index contributed by atoms with van der Waals surface area (Å²) >= 11 is 6.06. The van der Waals surface area contributed by atoms with Crippen molar-refractivity contribution in [2.75, 3.05) is 20.2 Å². The molecule has 0 saturated carbocycles. The fraction of sp³-hybridized carbons (Fsp3) is 0.533. The molecule has 1 atom stereocenters. The van der Waals surface area contributed by atoms with Crippen molar-refractivity contribution >= 4 is 17.6 Å². The Hall–Kier alpha value is -1.17. The van der Waals surface area contributed by atoms with E-state index in [0.29, 0.717) is 24.4 Å². The van der Waals surface area contributed by atoms with Crippen molar-refractivity contribution in [2.24, 2.45) is 5.92 Å². The minimum absolute atomic E-state index is 0.0864. The number of benzene rings is 1. The van der Waals surface area contributed by atoms with Crippen LogP contribution >= 0.6 is 11.6 Å². The number of ether oxygens (including phenoxy) is 1. The number of likely N-dealkylation sites (tertiary alicyclic amines) is 1. The molecule has 0 unspecified atom stereocenters. The van der Waals surface area contributed by atoms with Crippen molar-refractivity contribution in [1.82, 2.24) is 4.90 Å². The Balaban J connectivity index is 1.89. The number of carbonyl (C=O) groups is 1. The highest BCUT2D eigenvalue weighted by molar-refractivity contribution is 6.31. The first-order chi connectivity index (χ1) is 10.0. The molecule has 1 aromatic rings. The average molecular weight is 316 g/mol. The third-order valence-corrected chi connectivity index (χ3v) is 4.29. The number of halogens is 2. The van der Waals surface area contributed by atoms with Crippen LogP contribution in [0.15, 0.2) is 18.2 Å². The Morgan fingerprint density at radius 3 is 2.81 bits per heavy atom. The van der Waals surface area contributed by atoms with E-state index >= 15 is 0 Å². The maximum Gasteiger partial charge on any atom is 0.334 e. The van der Waals surface area contributed by atoms with Gasteiger partial charge in [-0.15, -0.1) is 0 Å². The number of esters is 1. The van der Waals surface area contributed by atoms with Crippen LogP contribution in [0.5, 0.6) is 0 Å². The predicted octanol–water partition coefficient (Wildman–Crippen LogP) is 2.22. The number of piperidine rings is 1. The molecule has 0 bridgehead atoms. The molecular weight excluding hydrogens is 297 g/mol. The van der Waals surface area contributed by atoms with Crippen molar-refractivity contribution in [3.05, 3.63) is 34.6 Å². The van der Waals surface area contributed by atoms with E-state index in [-0.39, 0.29) is 11.7 Å². The fourth-order valence-electron chi connectivity index (χ4n) is 2.65. The molecule has 0 aromatic heterocycles. The Morgan fingerprint density at radius 2 is 2.19 bits per heavy atom. The van der Waals surface area contributed by atoms with Crippen molar-refractivity contribution in [3.8, 4) is 0 Å². The number of hydrogen-bond acceptors (Lipinski definition) is 4. The van der Waals surface area contributed by atoms with E-state index in [4.69, 9.17) is 11.6 Å². The zero-order valence-corrected chi connectivity index (χ0v) is 12.6. The molecule has 0 radical (unpaired) electrons. The lowest BCUT2D eigenvalue weighted by Crippen LogP contribution is -2.40. The second-order valence-electron chi connectivity index (χ2n) is 5.32. The summed E-state index contributed by atoms with van der Waals surface area (Å²) in [6, 6.07) is 4.34. The molecule has 1 heterocycles. The first-order valence-corrected chi connectivity index (χ1v) is 7.31. The number of aliphatic hydroxyl groups is 1. The standard InChI is InChI=1S/C15H19ClFNO3/c1-21-15(20)14(19)10-4-6-18(7-5-10)9-11-8-12(17)2-3-13(11)16/h2-3,8,10,14,19H,4-7,9H2,1H3/t14-/m1/s1. The second-order valence-corrected chi connectivity index (χ2v) is 5.72. The van der Waals surface area contributed by atoms with Gasteiger partial charge < -0.3 is 9.84 Å². The molecular formula is C15H19ClFNO3. The van der Waals surface area contributed by atoms with Crippen LogP contribution in [0.4, 0.5) is 4.39 Å². The van der Waals surface area contributed by atoms with Crippen LogP contribution in [0.1, 0.15) is 18.4 Å². The predicted molar refractivity (Wildman–Crippen MR) is 77.4 cm³/mol. The normalized spacial score (nSPS) is 18.5. The Labute approximate surface area is 128 Å². The molecule has 6 heteroatoms. The first kappa shape index (κ1) is 16.2. The highest BCUT2D eigenvalue weighted by Crippen LogP contribution is 2.25. The summed E-state index contributed by atoms with van der Waals surface area (Å²) in [5, 5.41) is 10.4. The largest absolute Gasteiger partial charge is 0.467 e. The first-order valence-electron chi connectivity index (χ1n) is 6.93. The molecule has 0 amide bonds. The van der Waals surface area contributed by atoms with Crippen LogP contribution in [0.3, 0.4) is 0 Å². The maximum atomic E-state index is 13.2. The number of carbonyl (C=O) groups excluding carboxylic acids is 1. The average Bonchev–Trinajstić information content (AvgIpc) is 2.50. The molecule has 1 aliphatic heterocycles. The number of aliphatic hydroxyl groups excluding tert-OH is 1. The molecule has 1 N–H and O–H groups in total. The molecule has 0 spiro atoms. The number of hydrogen-bond donors (Lipinski definition) is 1. The van der Waals surface area contributed by atoms with Crippen LogP contribution < -0.4 is 0 Å². The Morgan fingerprint density at radius 1 is 1.52 bits per heavy atom. The molecule has 21 heavy (non-hydrogen) atoms. The van der Waals surface area contributed by atoms with Gasteiger partial charge in [-0.2, -0.15) is 0 Å². The van der Waals surface area contributed by atoms with Crippen LogP contribution in [0.2, 0.25) is 5.02 Å². The lowest BCUT2D eigenvalue weighted by atomic mass is 9.91. The third-order valence-electron chi connectivity index (χ3n) is 3.92. The van der Waals surface area contributed by atoms with Gasteiger partial charge in [0.15, 0.2) is 6.10 Å². The lowest BCUT2D eigenvalue weighted by molar-refractivity contribution is -0.154. The monoisotopic (exact) mass is 315 g/mol. The van der Waals surface area contributed by atoms with Gasteiger partial charge in [-0.25, -0.2) is 9.18 Å². The van der Waals surface area contributed by atoms with Gasteiger partial charge in [0.1, 0.15) is 5.82 Å². The highest BCUT2D eigenvalue weighted by Gasteiger charge is 2.30. The van der Waals surface area contributed by atoms with E-state index in [1.54, 1.807) is 6.07 Å². The molecule has 0 aliphatic carbocycles. The van der Waals surface area contributed by atoms with E-state index in [1.807, 2.05) is 0 Å². The summed E-state index contributed by atoms with van der Waals surface area (Å²) < 4.78 is 17.8. The Kier molecular flexibility index (Phi) is 5.56. The van der Waals surface area contributed by atoms with Gasteiger partial charge in [0.2, 0.25) is 0 Å². The summed E-state index contributed by atoms with van der Waals surface area (Å²) in [5.74, 6) is -0.969. The molecule has 1 saturated heterocycles. The summed E-state index contributed by atoms with van der Waals surface area (Å²) in [7, 11) is 1.27. The smallest absolute Gasteiger partial charge is 0.334 e. The minimum Gasteiger partial charge on any atom is -0.467 e. The van der Waals surface area contributed by atoms with Crippen LogP contribution in [0.25, 0.3) is 0 Å². The molecule has 116 valence electrons. The van der Waals surface area contributed by atoms with E-state index in [2.05, 4.69) is 9.64 Å². The van der Waals surface area contributed by atoms with Crippen molar-refractivity contribution in [3.63, 3.8) is 0 Å². The van der Waals surface area contributed by atoms with E-state index in [1.165, 1.54) is 19.2 Å². The molecule has 1 aromatic carbocycles. The summed E-state index contributed by atoms with van der Waals surface area (Å²) in [4.78, 5) is 13.5. The summed E-state index contributed by atoms with van der Waals surface area (Å²) in [6.07, 6.45) is 0.335. The number of rotatable bonds is 4. The second kappa shape index (κ2) is 7.20. The van der Waals surface area contributed by atoms with Crippen LogP contribution in [-0.4, -0.2) is 42.3 Å². The van der Waals surface area contributed by atoms with Crippen molar-refractivity contribution in [2.45, 2.75) is 25.5 Å². The molecule has 1 fully saturated rings. The summed E-state index contributed by atoms with van der Waals surface area (Å²) in [6.45, 7) is 2.02. The van der Waals surface area contributed by atoms with Gasteiger partial charge in [0, 0.05) is 11.6 Å². The zero-order valence-electron chi connectivity index (χ0n) is 11.9. The van der Waals surface area contributed by atoms with Crippen molar-refractivity contribution in [1.29, 1.82) is 0 Å². The van der Waals surface area contributed by atoms with Gasteiger partial charge in [0.25, 0.3) is 0 Å². The molecule has 4 nitrogen and oxygen atoms in total. The zero-order chi connectivity index (χ0) is 15.4. The van der Waals surface area contributed by atoms with E-state index in [9.17, 15) is 14.3 Å². The Bertz CT molecular complexity index is 504. The fourth-order valence-corrected chi connectivity index (χ4v) is 2.82. The third kappa shape index (κ3) is 4.15. The van der Waals surface area contributed by atoms with Gasteiger partial charge in [-0.1, -0.05) is 11.6 Å². The molecule has 2 rings (SSSR count). The van der Waals surface area contributed by atoms with Gasteiger partial charge in [-0.3, -0.25) is 4.90 Å². The summed E-state index contributed by atoms with van der Waals surface area (Å²) in [5.41, 5.74) is 0.753. The van der Waals surface area contributed by atoms with Crippen LogP contribution in [0, 0.1) is 11.7 Å². The lowest BCUT2D eigenvalue weighted by Gasteiger charge is -2.33. The topological polar surface area (TPSA) is 49.8 Å². The SMILES string of the molecule is COC(=O)[C@H](O)C1CCN(Cc2cc(F)ccc2Cl)CC1. The number of methoxy groups -OCH3 is 1. The van der Waals surface area contributed by atoms with Gasteiger partial charge in [0.05, 0.1) is 7.11 Å². The maximum absolute atomic E-state index is 13.2. The highest BCUT2D eigenvalue weighted by atomic mass is 35.5. The van der Waals surface area contributed by atoms with Gasteiger partial charge in [-0.05, 0) is 55.6 Å². The quantitative estimate of drug-likeness (QED) is 0.866. The van der Waals surface area contributed by atoms with Crippen LogP contribution in [-0.2, 0) is 16.1 Å². The van der Waals surface area contributed by atoms with E-state index in [0.717, 1.165) is 18.7 Å². The van der Waals surface area contributed by atoms with E-state index < -0.39 is 12.1 Å². The minimum atomic E-state index is -1.06. The van der Waals surface area contributed by atoms with Gasteiger partial charge >= 0.3 is 5.97 Å². The molecule has 1 aliphatic rings. The number of nitrogens with zero attached hydrogens (tertiary/aromatic N) is 1. The van der Waals surface area contributed by atoms with Crippen molar-refractivity contribution < 1.29 is 19.0 Å².